The lowest BCUT2D eigenvalue weighted by atomic mass is 10.1. The van der Waals surface area contributed by atoms with Crippen LogP contribution < -0.4 is 16.8 Å². The number of carbonyl (C=O) groups excluding carboxylic acids is 1. The van der Waals surface area contributed by atoms with Crippen molar-refractivity contribution in [2.45, 2.75) is 19.8 Å². The van der Waals surface area contributed by atoms with Crippen molar-refractivity contribution in [1.29, 1.82) is 0 Å². The minimum atomic E-state index is -0.498. The Morgan fingerprint density at radius 1 is 1.15 bits per heavy atom. The molecule has 1 amide bonds. The predicted octanol–water partition coefficient (Wildman–Crippen LogP) is 3.06. The molecular weight excluding hydrogens is 250 g/mol. The molecule has 0 aromatic heterocycles. The summed E-state index contributed by atoms with van der Waals surface area (Å²) < 4.78 is 0. The number of benzene rings is 2. The lowest BCUT2D eigenvalue weighted by molar-refractivity contribution is 0.100. The van der Waals surface area contributed by atoms with Gasteiger partial charge in [0.1, 0.15) is 0 Å². The van der Waals surface area contributed by atoms with E-state index in [2.05, 4.69) is 24.4 Å². The second-order valence-corrected chi connectivity index (χ2v) is 4.74. The summed E-state index contributed by atoms with van der Waals surface area (Å²) in [5.74, 6) is -0.498. The van der Waals surface area contributed by atoms with Crippen LogP contribution >= 0.6 is 0 Å². The van der Waals surface area contributed by atoms with Crippen molar-refractivity contribution in [1.82, 2.24) is 0 Å². The van der Waals surface area contributed by atoms with Gasteiger partial charge in [-0.05, 0) is 42.3 Å². The van der Waals surface area contributed by atoms with Gasteiger partial charge in [0.15, 0.2) is 0 Å². The van der Waals surface area contributed by atoms with Gasteiger partial charge in [0.05, 0.1) is 11.3 Å². The van der Waals surface area contributed by atoms with Gasteiger partial charge in [0.2, 0.25) is 0 Å². The summed E-state index contributed by atoms with van der Waals surface area (Å²) in [4.78, 5) is 11.4. The Morgan fingerprint density at radius 2 is 1.85 bits per heavy atom. The molecule has 0 bridgehead atoms. The van der Waals surface area contributed by atoms with Gasteiger partial charge in [0, 0.05) is 11.4 Å². The number of primary amides is 1. The summed E-state index contributed by atoms with van der Waals surface area (Å²) in [6, 6.07) is 13.2. The molecule has 2 rings (SSSR count). The second-order valence-electron chi connectivity index (χ2n) is 4.74. The third-order valence-electron chi connectivity index (χ3n) is 3.08. The van der Waals surface area contributed by atoms with E-state index in [0.717, 1.165) is 18.5 Å². The number of nitrogens with two attached hydrogens (primary N) is 2. The van der Waals surface area contributed by atoms with Gasteiger partial charge in [-0.2, -0.15) is 0 Å². The Hall–Kier alpha value is -2.49. The van der Waals surface area contributed by atoms with E-state index in [-0.39, 0.29) is 0 Å². The summed E-state index contributed by atoms with van der Waals surface area (Å²) in [6.07, 6.45) is 2.19. The Balaban J connectivity index is 2.23. The fourth-order valence-electron chi connectivity index (χ4n) is 2.07. The van der Waals surface area contributed by atoms with Crippen molar-refractivity contribution >= 4 is 23.0 Å². The molecule has 0 spiro atoms. The molecule has 2 aromatic rings. The van der Waals surface area contributed by atoms with Crippen molar-refractivity contribution in [3.8, 4) is 0 Å². The average Bonchev–Trinajstić information content (AvgIpc) is 2.43. The van der Waals surface area contributed by atoms with Crippen molar-refractivity contribution < 1.29 is 4.79 Å². The van der Waals surface area contributed by atoms with Gasteiger partial charge >= 0.3 is 0 Å². The summed E-state index contributed by atoms with van der Waals surface area (Å²) in [5, 5.41) is 3.19. The molecule has 20 heavy (non-hydrogen) atoms. The molecule has 0 atom stereocenters. The van der Waals surface area contributed by atoms with Crippen LogP contribution in [0.2, 0.25) is 0 Å². The van der Waals surface area contributed by atoms with Gasteiger partial charge < -0.3 is 16.8 Å². The third-order valence-corrected chi connectivity index (χ3v) is 3.08. The number of amides is 1. The summed E-state index contributed by atoms with van der Waals surface area (Å²) in [7, 11) is 0. The molecule has 0 aliphatic rings. The predicted molar refractivity (Wildman–Crippen MR) is 83.1 cm³/mol. The van der Waals surface area contributed by atoms with Crippen LogP contribution in [0, 0.1) is 0 Å². The van der Waals surface area contributed by atoms with Crippen LogP contribution in [0.4, 0.5) is 17.1 Å². The first-order valence-electron chi connectivity index (χ1n) is 6.65. The van der Waals surface area contributed by atoms with E-state index in [4.69, 9.17) is 11.5 Å². The first-order chi connectivity index (χ1) is 9.60. The maximum Gasteiger partial charge on any atom is 0.250 e. The molecule has 0 saturated heterocycles. The molecule has 0 saturated carbocycles. The SMILES string of the molecule is CCCc1ccc(Nc2ccc(N)cc2C(N)=O)cc1. The average molecular weight is 269 g/mol. The van der Waals surface area contributed by atoms with E-state index in [1.807, 2.05) is 12.1 Å². The van der Waals surface area contributed by atoms with E-state index >= 15 is 0 Å². The Bertz CT molecular complexity index is 606. The van der Waals surface area contributed by atoms with Crippen LogP contribution in [0.3, 0.4) is 0 Å². The standard InChI is InChI=1S/C16H19N3O/c1-2-3-11-4-7-13(8-5-11)19-15-9-6-12(17)10-14(15)16(18)20/h4-10,19H,2-3,17H2,1H3,(H2,18,20). The number of hydrogen-bond acceptors (Lipinski definition) is 3. The fraction of sp³-hybridized carbons (Fsp3) is 0.188. The van der Waals surface area contributed by atoms with Crippen molar-refractivity contribution in [3.63, 3.8) is 0 Å². The van der Waals surface area contributed by atoms with Gasteiger partial charge in [-0.15, -0.1) is 0 Å². The van der Waals surface area contributed by atoms with E-state index in [1.165, 1.54) is 5.56 Å². The topological polar surface area (TPSA) is 81.1 Å². The van der Waals surface area contributed by atoms with Crippen molar-refractivity contribution in [2.24, 2.45) is 5.73 Å². The first kappa shape index (κ1) is 13.9. The summed E-state index contributed by atoms with van der Waals surface area (Å²) >= 11 is 0. The highest BCUT2D eigenvalue weighted by Crippen LogP contribution is 2.23. The fourth-order valence-corrected chi connectivity index (χ4v) is 2.07. The monoisotopic (exact) mass is 269 g/mol. The van der Waals surface area contributed by atoms with Crippen LogP contribution in [-0.4, -0.2) is 5.91 Å². The van der Waals surface area contributed by atoms with Crippen molar-refractivity contribution in [3.05, 3.63) is 53.6 Å². The molecule has 0 aliphatic heterocycles. The number of anilines is 3. The zero-order valence-corrected chi connectivity index (χ0v) is 11.5. The summed E-state index contributed by atoms with van der Waals surface area (Å²) in [5.41, 5.74) is 14.8. The lowest BCUT2D eigenvalue weighted by Crippen LogP contribution is -2.13. The zero-order valence-electron chi connectivity index (χ0n) is 11.5. The maximum atomic E-state index is 11.4. The van der Waals surface area contributed by atoms with Crippen LogP contribution in [-0.2, 0) is 6.42 Å². The van der Waals surface area contributed by atoms with Crippen molar-refractivity contribution in [2.75, 3.05) is 11.1 Å². The molecule has 0 radical (unpaired) electrons. The molecule has 0 fully saturated rings. The second kappa shape index (κ2) is 6.10. The number of hydrogen-bond donors (Lipinski definition) is 3. The molecule has 2 aromatic carbocycles. The molecule has 4 heteroatoms. The van der Waals surface area contributed by atoms with E-state index in [9.17, 15) is 4.79 Å². The van der Waals surface area contributed by atoms with E-state index < -0.39 is 5.91 Å². The largest absolute Gasteiger partial charge is 0.399 e. The van der Waals surface area contributed by atoms with Crippen LogP contribution in [0.25, 0.3) is 0 Å². The maximum absolute atomic E-state index is 11.4. The molecule has 0 unspecified atom stereocenters. The molecule has 104 valence electrons. The number of carbonyl (C=O) groups is 1. The Morgan fingerprint density at radius 3 is 2.45 bits per heavy atom. The van der Waals surface area contributed by atoms with Gasteiger partial charge in [-0.25, -0.2) is 0 Å². The Kier molecular flexibility index (Phi) is 4.25. The highest BCUT2D eigenvalue weighted by Gasteiger charge is 2.08. The lowest BCUT2D eigenvalue weighted by Gasteiger charge is -2.11. The van der Waals surface area contributed by atoms with Crippen LogP contribution in [0.15, 0.2) is 42.5 Å². The number of aryl methyl sites for hydroxylation is 1. The van der Waals surface area contributed by atoms with Crippen LogP contribution in [0.5, 0.6) is 0 Å². The molecule has 0 aliphatic carbocycles. The highest BCUT2D eigenvalue weighted by molar-refractivity contribution is 6.00. The Labute approximate surface area is 118 Å². The molecule has 5 N–H and O–H groups in total. The van der Waals surface area contributed by atoms with E-state index in [1.54, 1.807) is 18.2 Å². The molecule has 4 nitrogen and oxygen atoms in total. The minimum Gasteiger partial charge on any atom is -0.399 e. The number of nitrogen functional groups attached to an aromatic ring is 1. The van der Waals surface area contributed by atoms with E-state index in [0.29, 0.717) is 16.9 Å². The zero-order chi connectivity index (χ0) is 14.5. The normalized spacial score (nSPS) is 10.2. The molecular formula is C16H19N3O. The first-order valence-corrected chi connectivity index (χ1v) is 6.65. The highest BCUT2D eigenvalue weighted by atomic mass is 16.1. The summed E-state index contributed by atoms with van der Waals surface area (Å²) in [6.45, 7) is 2.15. The van der Waals surface area contributed by atoms with Gasteiger partial charge in [-0.1, -0.05) is 25.5 Å². The quantitative estimate of drug-likeness (QED) is 0.730. The van der Waals surface area contributed by atoms with Gasteiger partial charge in [-0.3, -0.25) is 4.79 Å². The minimum absolute atomic E-state index is 0.391. The number of nitrogens with one attached hydrogen (secondary N) is 1. The smallest absolute Gasteiger partial charge is 0.250 e. The number of rotatable bonds is 5. The van der Waals surface area contributed by atoms with Gasteiger partial charge in [0.25, 0.3) is 5.91 Å². The van der Waals surface area contributed by atoms with Crippen LogP contribution in [0.1, 0.15) is 29.3 Å². The molecule has 0 heterocycles. The third kappa shape index (κ3) is 3.29.